The number of carbonyl (C=O) groups is 1. The van der Waals surface area contributed by atoms with E-state index < -0.39 is 66.4 Å². The molecule has 0 radical (unpaired) electrons. The van der Waals surface area contributed by atoms with Gasteiger partial charge in [0.15, 0.2) is 6.17 Å². The van der Waals surface area contributed by atoms with Crippen LogP contribution in [0.15, 0.2) is 0 Å². The van der Waals surface area contributed by atoms with Crippen molar-refractivity contribution in [1.82, 2.24) is 0 Å². The van der Waals surface area contributed by atoms with Crippen LogP contribution in [0.1, 0.15) is 6.92 Å². The largest absolute Gasteiger partial charge is 0.477 e. The van der Waals surface area contributed by atoms with Gasteiger partial charge in [-0.3, -0.25) is 0 Å². The maximum absolute atomic E-state index is 13.2. The number of rotatable bonds is 9. The molecular formula is C11H5F17O2. The molecule has 1 atom stereocenters. The van der Waals surface area contributed by atoms with E-state index in [1.165, 1.54) is 0 Å². The fraction of sp³-hybridized carbons (Fsp3) is 0.909. The van der Waals surface area contributed by atoms with Gasteiger partial charge in [-0.1, -0.05) is 0 Å². The molecular weight excluding hydrogens is 487 g/mol. The summed E-state index contributed by atoms with van der Waals surface area (Å²) >= 11 is 0. The molecule has 180 valence electrons. The van der Waals surface area contributed by atoms with E-state index in [-0.39, 0.29) is 0 Å². The molecule has 0 saturated heterocycles. The van der Waals surface area contributed by atoms with Gasteiger partial charge < -0.3 is 5.11 Å². The van der Waals surface area contributed by atoms with Crippen molar-refractivity contribution in [2.75, 3.05) is 0 Å². The van der Waals surface area contributed by atoms with Crippen molar-refractivity contribution < 1.29 is 84.5 Å². The van der Waals surface area contributed by atoms with Crippen molar-refractivity contribution in [2.24, 2.45) is 0 Å². The van der Waals surface area contributed by atoms with Crippen LogP contribution in [0.3, 0.4) is 0 Å². The van der Waals surface area contributed by atoms with Crippen molar-refractivity contribution >= 4 is 5.97 Å². The Labute approximate surface area is 152 Å². The van der Waals surface area contributed by atoms with Crippen molar-refractivity contribution in [3.8, 4) is 0 Å². The quantitative estimate of drug-likeness (QED) is 0.432. The third-order valence-electron chi connectivity index (χ3n) is 3.55. The van der Waals surface area contributed by atoms with E-state index in [0.717, 1.165) is 0 Å². The first kappa shape index (κ1) is 28.3. The van der Waals surface area contributed by atoms with E-state index in [1.54, 1.807) is 0 Å². The van der Waals surface area contributed by atoms with E-state index in [2.05, 4.69) is 0 Å². The zero-order chi connectivity index (χ0) is 25.2. The fourth-order valence-corrected chi connectivity index (χ4v) is 1.58. The smallest absolute Gasteiger partial charge is 0.410 e. The Morgan fingerprint density at radius 3 is 1.03 bits per heavy atom. The highest BCUT2D eigenvalue weighted by atomic mass is 19.4. The SMILES string of the molecule is CC(F)C(F)(F)C(F)(F)C(F)(F)C(F)(F)C(F)(F)C(F)(F)C(F)(F)C(F)(F)C(=O)O. The summed E-state index contributed by atoms with van der Waals surface area (Å²) in [7, 11) is 0. The molecule has 0 aromatic rings. The van der Waals surface area contributed by atoms with Crippen LogP contribution in [-0.4, -0.2) is 64.6 Å². The monoisotopic (exact) mass is 492 g/mol. The summed E-state index contributed by atoms with van der Waals surface area (Å²) in [6.07, 6.45) is -4.54. The molecule has 30 heavy (non-hydrogen) atoms. The average Bonchev–Trinajstić information content (AvgIpc) is 2.52. The normalized spacial score (nSPS) is 17.1. The lowest BCUT2D eigenvalue weighted by molar-refractivity contribution is -0.453. The third kappa shape index (κ3) is 3.13. The Balaban J connectivity index is 6.86. The minimum Gasteiger partial charge on any atom is -0.477 e. The van der Waals surface area contributed by atoms with Crippen LogP contribution < -0.4 is 0 Å². The number of carboxylic acids is 1. The summed E-state index contributed by atoms with van der Waals surface area (Å²) in [5.74, 6) is -69.4. The minimum absolute atomic E-state index is 0.698. The van der Waals surface area contributed by atoms with Crippen molar-refractivity contribution in [2.45, 2.75) is 60.5 Å². The zero-order valence-corrected chi connectivity index (χ0v) is 13.4. The van der Waals surface area contributed by atoms with E-state index in [9.17, 15) is 79.4 Å². The van der Waals surface area contributed by atoms with E-state index in [1.807, 2.05) is 0 Å². The Morgan fingerprint density at radius 2 is 0.800 bits per heavy atom. The fourth-order valence-electron chi connectivity index (χ4n) is 1.58. The van der Waals surface area contributed by atoms with Crippen molar-refractivity contribution in [1.29, 1.82) is 0 Å². The molecule has 0 aliphatic rings. The van der Waals surface area contributed by atoms with Gasteiger partial charge in [-0.25, -0.2) is 9.18 Å². The predicted molar refractivity (Wildman–Crippen MR) is 57.8 cm³/mol. The highest BCUT2D eigenvalue weighted by molar-refractivity contribution is 5.77. The highest BCUT2D eigenvalue weighted by Crippen LogP contribution is 2.64. The van der Waals surface area contributed by atoms with Gasteiger partial charge in [-0.2, -0.15) is 70.2 Å². The molecule has 1 unspecified atom stereocenters. The maximum atomic E-state index is 13.2. The first-order chi connectivity index (χ1) is 12.6. The minimum atomic E-state index is -8.73. The zero-order valence-electron chi connectivity index (χ0n) is 13.4. The van der Waals surface area contributed by atoms with Gasteiger partial charge in [0.2, 0.25) is 0 Å². The first-order valence-corrected chi connectivity index (χ1v) is 6.54. The predicted octanol–water partition coefficient (Wildman–Crippen LogP) is 5.51. The number of aliphatic carboxylic acids is 1. The molecule has 0 aromatic heterocycles. The van der Waals surface area contributed by atoms with Crippen LogP contribution in [-0.2, 0) is 4.79 Å². The Kier molecular flexibility index (Phi) is 6.50. The first-order valence-electron chi connectivity index (χ1n) is 6.54. The molecule has 0 bridgehead atoms. The van der Waals surface area contributed by atoms with Gasteiger partial charge in [0, 0.05) is 0 Å². The molecule has 0 aromatic carbocycles. The summed E-state index contributed by atoms with van der Waals surface area (Å²) < 4.78 is 221. The Morgan fingerprint density at radius 1 is 0.567 bits per heavy atom. The molecule has 0 fully saturated rings. The Bertz CT molecular complexity index is 665. The highest BCUT2D eigenvalue weighted by Gasteiger charge is 2.95. The summed E-state index contributed by atoms with van der Waals surface area (Å²) in [6.45, 7) is -0.698. The number of halogens is 17. The van der Waals surface area contributed by atoms with Crippen molar-refractivity contribution in [3.63, 3.8) is 0 Å². The molecule has 0 aliphatic heterocycles. The second-order valence-electron chi connectivity index (χ2n) is 5.56. The molecule has 0 amide bonds. The molecule has 0 heterocycles. The van der Waals surface area contributed by atoms with Gasteiger partial charge in [-0.05, 0) is 6.92 Å². The summed E-state index contributed by atoms with van der Waals surface area (Å²) in [6, 6.07) is 0. The third-order valence-corrected chi connectivity index (χ3v) is 3.55. The second-order valence-corrected chi connectivity index (χ2v) is 5.56. The van der Waals surface area contributed by atoms with Crippen LogP contribution in [0.2, 0.25) is 0 Å². The van der Waals surface area contributed by atoms with Gasteiger partial charge >= 0.3 is 53.3 Å². The molecule has 0 rings (SSSR count). The van der Waals surface area contributed by atoms with Crippen LogP contribution in [0.5, 0.6) is 0 Å². The topological polar surface area (TPSA) is 37.3 Å². The number of hydrogen-bond acceptors (Lipinski definition) is 1. The van der Waals surface area contributed by atoms with Crippen LogP contribution in [0.25, 0.3) is 0 Å². The summed E-state index contributed by atoms with van der Waals surface area (Å²) in [4.78, 5) is 9.85. The maximum Gasteiger partial charge on any atom is 0.410 e. The molecule has 2 nitrogen and oxygen atoms in total. The molecule has 0 aliphatic carbocycles. The Hall–Kier alpha value is -1.72. The standard InChI is InChI=1S/C11H5F17O2/c1-2(12)4(13,14)6(17,18)8(21,22)10(25,26)11(27,28)9(23,24)7(19,20)5(15,16)3(29)30/h2H,1H3,(H,29,30). The van der Waals surface area contributed by atoms with Gasteiger partial charge in [-0.15, -0.1) is 0 Å². The summed E-state index contributed by atoms with van der Waals surface area (Å²) in [5, 5.41) is 7.66. The van der Waals surface area contributed by atoms with Gasteiger partial charge in [0.1, 0.15) is 0 Å². The lowest BCUT2D eigenvalue weighted by Crippen LogP contribution is -2.75. The van der Waals surface area contributed by atoms with Gasteiger partial charge in [0.25, 0.3) is 0 Å². The van der Waals surface area contributed by atoms with E-state index >= 15 is 0 Å². The lowest BCUT2D eigenvalue weighted by Gasteiger charge is -2.43. The van der Waals surface area contributed by atoms with E-state index in [4.69, 9.17) is 5.11 Å². The van der Waals surface area contributed by atoms with Crippen molar-refractivity contribution in [3.05, 3.63) is 0 Å². The molecule has 19 heteroatoms. The second kappa shape index (κ2) is 6.89. The summed E-state index contributed by atoms with van der Waals surface area (Å²) in [5.41, 5.74) is 0. The van der Waals surface area contributed by atoms with Crippen LogP contribution in [0, 0.1) is 0 Å². The molecule has 1 N–H and O–H groups in total. The molecule has 0 saturated carbocycles. The molecule has 0 spiro atoms. The lowest BCUT2D eigenvalue weighted by atomic mass is 9.87. The number of hydrogen-bond donors (Lipinski definition) is 1. The number of alkyl halides is 17. The average molecular weight is 492 g/mol. The van der Waals surface area contributed by atoms with Gasteiger partial charge in [0.05, 0.1) is 0 Å². The number of carboxylic acid groups (broad SMARTS) is 1. The van der Waals surface area contributed by atoms with Crippen LogP contribution >= 0.6 is 0 Å². The van der Waals surface area contributed by atoms with E-state index in [0.29, 0.717) is 0 Å². The van der Waals surface area contributed by atoms with Crippen LogP contribution in [0.4, 0.5) is 74.6 Å².